The summed E-state index contributed by atoms with van der Waals surface area (Å²) in [7, 11) is -3.63. The molecule has 0 saturated heterocycles. The van der Waals surface area contributed by atoms with Crippen LogP contribution in [0.5, 0.6) is 0 Å². The summed E-state index contributed by atoms with van der Waals surface area (Å²) in [6, 6.07) is 0. The fourth-order valence-corrected chi connectivity index (χ4v) is 3.42. The number of ether oxygens (including phenoxy) is 1. The van der Waals surface area contributed by atoms with Crippen LogP contribution in [0.1, 0.15) is 28.6 Å². The molecule has 0 aromatic carbocycles. The third-order valence-electron chi connectivity index (χ3n) is 2.75. The van der Waals surface area contributed by atoms with E-state index >= 15 is 0 Å². The van der Waals surface area contributed by atoms with Crippen molar-refractivity contribution >= 4 is 37.4 Å². The SMILES string of the molecule is CCCOC(=O)c1sc2nc(S(C)(=O)=O)[nH]c(=O)c2c1C. The fraction of sp³-hybridized carbons (Fsp3) is 0.417. The number of nitrogens with one attached hydrogen (secondary N) is 1. The van der Waals surface area contributed by atoms with E-state index in [1.807, 2.05) is 6.92 Å². The Bertz CT molecular complexity index is 864. The highest BCUT2D eigenvalue weighted by molar-refractivity contribution is 7.90. The lowest BCUT2D eigenvalue weighted by molar-refractivity contribution is 0.0510. The van der Waals surface area contributed by atoms with Crippen LogP contribution in [0.4, 0.5) is 0 Å². The third-order valence-corrected chi connectivity index (χ3v) is 4.81. The van der Waals surface area contributed by atoms with Crippen molar-refractivity contribution in [3.63, 3.8) is 0 Å². The summed E-state index contributed by atoms with van der Waals surface area (Å²) >= 11 is 0.957. The molecule has 0 aliphatic rings. The Morgan fingerprint density at radius 2 is 2.10 bits per heavy atom. The number of fused-ring (bicyclic) bond motifs is 1. The van der Waals surface area contributed by atoms with E-state index in [2.05, 4.69) is 9.97 Å². The number of thiophene rings is 1. The van der Waals surface area contributed by atoms with E-state index in [4.69, 9.17) is 4.74 Å². The van der Waals surface area contributed by atoms with Crippen LogP contribution in [-0.2, 0) is 14.6 Å². The molecular formula is C12H14N2O5S2. The first-order valence-electron chi connectivity index (χ1n) is 6.16. The highest BCUT2D eigenvalue weighted by atomic mass is 32.2. The number of esters is 1. The molecule has 0 atom stereocenters. The Labute approximate surface area is 124 Å². The van der Waals surface area contributed by atoms with Crippen LogP contribution in [-0.4, -0.2) is 37.2 Å². The van der Waals surface area contributed by atoms with Crippen molar-refractivity contribution in [3.8, 4) is 0 Å². The van der Waals surface area contributed by atoms with Crippen LogP contribution >= 0.6 is 11.3 Å². The molecule has 0 saturated carbocycles. The molecule has 1 N–H and O–H groups in total. The largest absolute Gasteiger partial charge is 0.462 e. The first-order valence-corrected chi connectivity index (χ1v) is 8.87. The Kier molecular flexibility index (Phi) is 4.15. The second kappa shape index (κ2) is 5.57. The van der Waals surface area contributed by atoms with Crippen molar-refractivity contribution in [2.24, 2.45) is 0 Å². The second-order valence-electron chi connectivity index (χ2n) is 4.52. The van der Waals surface area contributed by atoms with Gasteiger partial charge in [0.25, 0.3) is 5.56 Å². The molecule has 7 nitrogen and oxygen atoms in total. The molecule has 114 valence electrons. The summed E-state index contributed by atoms with van der Waals surface area (Å²) < 4.78 is 28.0. The second-order valence-corrected chi connectivity index (χ2v) is 7.45. The number of carbonyl (C=O) groups is 1. The topological polar surface area (TPSA) is 106 Å². The third kappa shape index (κ3) is 2.98. The Balaban J connectivity index is 2.63. The molecule has 9 heteroatoms. The standard InChI is InChI=1S/C12H14N2O5S2/c1-4-5-19-11(16)8-6(2)7-9(15)13-12(21(3,17)18)14-10(7)20-8/h4-5H2,1-3H3,(H,13,14,15). The number of hydrogen-bond acceptors (Lipinski definition) is 7. The quantitative estimate of drug-likeness (QED) is 0.668. The predicted molar refractivity (Wildman–Crippen MR) is 78.7 cm³/mol. The van der Waals surface area contributed by atoms with E-state index < -0.39 is 26.5 Å². The van der Waals surface area contributed by atoms with Gasteiger partial charge in [0, 0.05) is 6.26 Å². The van der Waals surface area contributed by atoms with Gasteiger partial charge in [-0.3, -0.25) is 9.78 Å². The van der Waals surface area contributed by atoms with Gasteiger partial charge in [-0.05, 0) is 18.9 Å². The minimum atomic E-state index is -3.63. The zero-order chi connectivity index (χ0) is 15.8. The van der Waals surface area contributed by atoms with E-state index in [0.717, 1.165) is 17.6 Å². The van der Waals surface area contributed by atoms with Crippen molar-refractivity contribution < 1.29 is 17.9 Å². The maximum Gasteiger partial charge on any atom is 0.348 e. The maximum atomic E-state index is 12.0. The summed E-state index contributed by atoms with van der Waals surface area (Å²) in [4.78, 5) is 30.5. The molecule has 0 aliphatic heterocycles. The lowest BCUT2D eigenvalue weighted by atomic mass is 10.2. The highest BCUT2D eigenvalue weighted by Gasteiger charge is 2.22. The van der Waals surface area contributed by atoms with Gasteiger partial charge in [-0.15, -0.1) is 11.3 Å². The normalized spacial score (nSPS) is 11.8. The minimum absolute atomic E-state index is 0.208. The summed E-state index contributed by atoms with van der Waals surface area (Å²) in [5, 5.41) is -0.189. The molecule has 21 heavy (non-hydrogen) atoms. The molecule has 0 bridgehead atoms. The number of hydrogen-bond donors (Lipinski definition) is 1. The van der Waals surface area contributed by atoms with Gasteiger partial charge < -0.3 is 4.74 Å². The average molecular weight is 330 g/mol. The number of nitrogens with zero attached hydrogens (tertiary/aromatic N) is 1. The van der Waals surface area contributed by atoms with Gasteiger partial charge >= 0.3 is 5.97 Å². The Hall–Kier alpha value is -1.74. The summed E-state index contributed by atoms with van der Waals surface area (Å²) in [6.45, 7) is 3.76. The molecule has 0 aliphatic carbocycles. The minimum Gasteiger partial charge on any atom is -0.462 e. The Morgan fingerprint density at radius 3 is 2.67 bits per heavy atom. The van der Waals surface area contributed by atoms with Gasteiger partial charge in [0.15, 0.2) is 0 Å². The molecular weight excluding hydrogens is 316 g/mol. The first-order chi connectivity index (χ1) is 9.75. The number of rotatable bonds is 4. The molecule has 0 unspecified atom stereocenters. The van der Waals surface area contributed by atoms with Gasteiger partial charge in [-0.2, -0.15) is 0 Å². The van der Waals surface area contributed by atoms with Crippen molar-refractivity contribution in [1.82, 2.24) is 9.97 Å². The predicted octanol–water partition coefficient (Wildman–Crippen LogP) is 1.26. The molecule has 2 heterocycles. The summed E-state index contributed by atoms with van der Waals surface area (Å²) in [5.41, 5.74) is -0.131. The molecule has 0 radical (unpaired) electrons. The van der Waals surface area contributed by atoms with Crippen molar-refractivity contribution in [2.75, 3.05) is 12.9 Å². The van der Waals surface area contributed by atoms with Gasteiger partial charge in [0.2, 0.25) is 15.0 Å². The van der Waals surface area contributed by atoms with Gasteiger partial charge in [-0.25, -0.2) is 18.2 Å². The summed E-state index contributed by atoms with van der Waals surface area (Å²) in [6.07, 6.45) is 1.64. The number of aromatic nitrogens is 2. The average Bonchev–Trinajstić information content (AvgIpc) is 2.73. The van der Waals surface area contributed by atoms with E-state index in [0.29, 0.717) is 12.0 Å². The van der Waals surface area contributed by atoms with Crippen molar-refractivity contribution in [3.05, 3.63) is 20.8 Å². The van der Waals surface area contributed by atoms with E-state index in [1.54, 1.807) is 6.92 Å². The highest BCUT2D eigenvalue weighted by Crippen LogP contribution is 2.28. The van der Waals surface area contributed by atoms with Crippen LogP contribution in [0.15, 0.2) is 9.95 Å². The van der Waals surface area contributed by atoms with E-state index in [-0.39, 0.29) is 21.7 Å². The number of sulfone groups is 1. The Morgan fingerprint density at radius 1 is 1.43 bits per heavy atom. The lowest BCUT2D eigenvalue weighted by Gasteiger charge is -2.00. The number of aromatic amines is 1. The number of carbonyl (C=O) groups excluding carboxylic acids is 1. The molecule has 0 amide bonds. The first kappa shape index (κ1) is 15.6. The van der Waals surface area contributed by atoms with Crippen LogP contribution < -0.4 is 5.56 Å². The molecule has 0 spiro atoms. The smallest absolute Gasteiger partial charge is 0.348 e. The zero-order valence-electron chi connectivity index (χ0n) is 11.7. The monoisotopic (exact) mass is 330 g/mol. The lowest BCUT2D eigenvalue weighted by Crippen LogP contribution is -2.14. The fourth-order valence-electron chi connectivity index (χ4n) is 1.75. The van der Waals surface area contributed by atoms with Crippen molar-refractivity contribution in [2.45, 2.75) is 25.4 Å². The zero-order valence-corrected chi connectivity index (χ0v) is 13.4. The van der Waals surface area contributed by atoms with Crippen LogP contribution in [0.2, 0.25) is 0 Å². The van der Waals surface area contributed by atoms with E-state index in [1.165, 1.54) is 0 Å². The van der Waals surface area contributed by atoms with Gasteiger partial charge in [0.05, 0.1) is 12.0 Å². The van der Waals surface area contributed by atoms with Gasteiger partial charge in [-0.1, -0.05) is 6.92 Å². The molecule has 0 fully saturated rings. The number of H-pyrrole nitrogens is 1. The molecule has 2 rings (SSSR count). The van der Waals surface area contributed by atoms with Gasteiger partial charge in [0.1, 0.15) is 9.71 Å². The van der Waals surface area contributed by atoms with Crippen LogP contribution in [0, 0.1) is 6.92 Å². The van der Waals surface area contributed by atoms with Crippen LogP contribution in [0.3, 0.4) is 0 Å². The van der Waals surface area contributed by atoms with E-state index in [9.17, 15) is 18.0 Å². The molecule has 2 aromatic rings. The number of aryl methyl sites for hydroxylation is 1. The van der Waals surface area contributed by atoms with Crippen LogP contribution in [0.25, 0.3) is 10.2 Å². The summed E-state index contributed by atoms with van der Waals surface area (Å²) in [5.74, 6) is -0.530. The van der Waals surface area contributed by atoms with Crippen molar-refractivity contribution in [1.29, 1.82) is 0 Å². The maximum absolute atomic E-state index is 12.0. The molecule has 2 aromatic heterocycles.